The summed E-state index contributed by atoms with van der Waals surface area (Å²) in [4.78, 5) is 13.5. The number of benzene rings is 1. The van der Waals surface area contributed by atoms with Crippen LogP contribution in [0.3, 0.4) is 0 Å². The van der Waals surface area contributed by atoms with Crippen molar-refractivity contribution in [3.8, 4) is 11.8 Å². The van der Waals surface area contributed by atoms with Crippen molar-refractivity contribution in [1.82, 2.24) is 5.32 Å². The average molecular weight is 367 g/mol. The highest BCUT2D eigenvalue weighted by Crippen LogP contribution is 2.34. The van der Waals surface area contributed by atoms with Crippen LogP contribution in [0.5, 0.6) is 5.75 Å². The molecule has 0 aliphatic carbocycles. The largest absolute Gasteiger partial charge is 0.493 e. The van der Waals surface area contributed by atoms with E-state index >= 15 is 0 Å². The van der Waals surface area contributed by atoms with E-state index in [0.29, 0.717) is 17.2 Å². The van der Waals surface area contributed by atoms with E-state index in [-0.39, 0.29) is 5.91 Å². The Morgan fingerprint density at radius 1 is 1.50 bits per heavy atom. The maximum Gasteiger partial charge on any atom is 0.249 e. The van der Waals surface area contributed by atoms with Gasteiger partial charge < -0.3 is 15.4 Å². The van der Waals surface area contributed by atoms with E-state index in [1.54, 1.807) is 6.08 Å². The molecule has 0 saturated heterocycles. The number of nitriles is 1. The van der Waals surface area contributed by atoms with Gasteiger partial charge in [-0.1, -0.05) is 11.6 Å². The van der Waals surface area contributed by atoms with Crippen LogP contribution in [0.4, 0.5) is 5.00 Å². The quantitative estimate of drug-likeness (QED) is 0.792. The van der Waals surface area contributed by atoms with Crippen molar-refractivity contribution in [2.75, 3.05) is 18.5 Å². The molecule has 1 aromatic heterocycles. The molecule has 0 unspecified atom stereocenters. The van der Waals surface area contributed by atoms with Crippen LogP contribution in [-0.2, 0) is 17.8 Å². The van der Waals surface area contributed by atoms with Gasteiger partial charge in [0, 0.05) is 23.1 Å². The molecule has 2 aromatic rings. The molecule has 6 heteroatoms. The third kappa shape index (κ3) is 3.96. The van der Waals surface area contributed by atoms with Crippen LogP contribution in [0, 0.1) is 18.3 Å². The number of hydrogen-bond acceptors (Lipinski definition) is 5. The zero-order chi connectivity index (χ0) is 18.5. The normalized spacial score (nSPS) is 13.3. The molecule has 2 heterocycles. The molecule has 0 saturated carbocycles. The topological polar surface area (TPSA) is 74.1 Å². The van der Waals surface area contributed by atoms with Crippen LogP contribution in [-0.4, -0.2) is 19.1 Å². The fourth-order valence-corrected chi connectivity index (χ4v) is 4.12. The van der Waals surface area contributed by atoms with Gasteiger partial charge in [0.2, 0.25) is 5.91 Å². The van der Waals surface area contributed by atoms with Crippen molar-refractivity contribution in [2.24, 2.45) is 0 Å². The third-order valence-electron chi connectivity index (χ3n) is 4.16. The lowest BCUT2D eigenvalue weighted by molar-refractivity contribution is -0.111. The molecule has 1 aliphatic rings. The second-order valence-electron chi connectivity index (χ2n) is 6.04. The summed E-state index contributed by atoms with van der Waals surface area (Å²) >= 11 is 1.47. The number of nitrogens with one attached hydrogen (secondary N) is 2. The van der Waals surface area contributed by atoms with Crippen LogP contribution < -0.4 is 15.4 Å². The van der Waals surface area contributed by atoms with E-state index in [0.717, 1.165) is 46.8 Å². The number of amides is 1. The summed E-state index contributed by atoms with van der Waals surface area (Å²) in [5.41, 5.74) is 3.61. The van der Waals surface area contributed by atoms with Gasteiger partial charge in [0.1, 0.15) is 16.8 Å². The van der Waals surface area contributed by atoms with Crippen LogP contribution >= 0.6 is 11.3 Å². The first-order chi connectivity index (χ1) is 12.6. The number of anilines is 1. The third-order valence-corrected chi connectivity index (χ3v) is 5.30. The monoisotopic (exact) mass is 367 g/mol. The molecule has 1 aliphatic heterocycles. The maximum absolute atomic E-state index is 12.4. The Balaban J connectivity index is 1.78. The number of ether oxygens (including phenoxy) is 1. The Morgan fingerprint density at radius 2 is 2.35 bits per heavy atom. The number of hydrogen-bond donors (Lipinski definition) is 2. The number of fused-ring (bicyclic) bond motifs is 1. The van der Waals surface area contributed by atoms with Gasteiger partial charge in [-0.3, -0.25) is 4.79 Å². The van der Waals surface area contributed by atoms with Gasteiger partial charge >= 0.3 is 0 Å². The summed E-state index contributed by atoms with van der Waals surface area (Å²) in [7, 11) is 0. The number of rotatable bonds is 5. The predicted molar refractivity (Wildman–Crippen MR) is 104 cm³/mol. The number of carbonyl (C=O) groups is 1. The molecule has 5 nitrogen and oxygen atoms in total. The Labute approximate surface area is 157 Å². The predicted octanol–water partition coefficient (Wildman–Crippen LogP) is 3.62. The Morgan fingerprint density at radius 3 is 3.12 bits per heavy atom. The number of carbonyl (C=O) groups excluding carboxylic acids is 1. The molecule has 3 rings (SSSR count). The van der Waals surface area contributed by atoms with Crippen molar-refractivity contribution in [1.29, 1.82) is 5.26 Å². The van der Waals surface area contributed by atoms with Crippen LogP contribution in [0.2, 0.25) is 0 Å². The molecule has 1 amide bonds. The van der Waals surface area contributed by atoms with Crippen molar-refractivity contribution in [3.05, 3.63) is 51.4 Å². The Kier molecular flexibility index (Phi) is 5.71. The second-order valence-corrected chi connectivity index (χ2v) is 7.15. The molecule has 0 bridgehead atoms. The van der Waals surface area contributed by atoms with Gasteiger partial charge in [0.15, 0.2) is 0 Å². The molecule has 0 radical (unpaired) electrons. The minimum absolute atomic E-state index is 0.253. The SMILES string of the molecule is CCOc1ccc(C)cc1C=CC(=O)Nc1sc2c(c1C#N)CCNC2. The zero-order valence-electron chi connectivity index (χ0n) is 14.9. The number of nitrogens with zero attached hydrogens (tertiary/aromatic N) is 1. The highest BCUT2D eigenvalue weighted by molar-refractivity contribution is 7.16. The minimum Gasteiger partial charge on any atom is -0.493 e. The fourth-order valence-electron chi connectivity index (χ4n) is 2.95. The molecule has 0 spiro atoms. The summed E-state index contributed by atoms with van der Waals surface area (Å²) in [5, 5.41) is 16.2. The Hall–Kier alpha value is -2.62. The van der Waals surface area contributed by atoms with Gasteiger partial charge in [0.25, 0.3) is 0 Å². The molecule has 0 fully saturated rings. The van der Waals surface area contributed by atoms with Gasteiger partial charge in [-0.2, -0.15) is 5.26 Å². The average Bonchev–Trinajstić information content (AvgIpc) is 2.98. The first kappa shape index (κ1) is 18.2. The van der Waals surface area contributed by atoms with Gasteiger partial charge in [-0.15, -0.1) is 11.3 Å². The lowest BCUT2D eigenvalue weighted by Crippen LogP contribution is -2.22. The highest BCUT2D eigenvalue weighted by Gasteiger charge is 2.21. The van der Waals surface area contributed by atoms with Gasteiger partial charge in [-0.05, 0) is 50.6 Å². The standard InChI is InChI=1S/C20H21N3O2S/c1-3-25-17-6-4-13(2)10-14(17)5-7-19(24)23-20-16(11-21)15-8-9-22-12-18(15)26-20/h4-7,10,22H,3,8-9,12H2,1-2H3,(H,23,24). The summed E-state index contributed by atoms with van der Waals surface area (Å²) in [6, 6.07) is 8.10. The van der Waals surface area contributed by atoms with Crippen molar-refractivity contribution in [2.45, 2.75) is 26.8 Å². The van der Waals surface area contributed by atoms with Crippen LogP contribution in [0.1, 0.15) is 34.1 Å². The lowest BCUT2D eigenvalue weighted by Gasteiger charge is -2.11. The minimum atomic E-state index is -0.253. The molecule has 134 valence electrons. The lowest BCUT2D eigenvalue weighted by atomic mass is 10.1. The number of thiophene rings is 1. The smallest absolute Gasteiger partial charge is 0.249 e. The summed E-state index contributed by atoms with van der Waals surface area (Å²) in [6.45, 7) is 6.10. The molecule has 1 aromatic carbocycles. The fraction of sp³-hybridized carbons (Fsp3) is 0.300. The second kappa shape index (κ2) is 8.17. The zero-order valence-corrected chi connectivity index (χ0v) is 15.7. The first-order valence-corrected chi connectivity index (χ1v) is 9.42. The molecular formula is C20H21N3O2S. The van der Waals surface area contributed by atoms with Crippen molar-refractivity contribution < 1.29 is 9.53 Å². The first-order valence-electron chi connectivity index (χ1n) is 8.60. The van der Waals surface area contributed by atoms with Gasteiger partial charge in [0.05, 0.1) is 12.2 Å². The maximum atomic E-state index is 12.4. The van der Waals surface area contributed by atoms with E-state index in [9.17, 15) is 10.1 Å². The summed E-state index contributed by atoms with van der Waals surface area (Å²) in [5.74, 6) is 0.495. The van der Waals surface area contributed by atoms with E-state index in [4.69, 9.17) is 4.74 Å². The molecule has 26 heavy (non-hydrogen) atoms. The van der Waals surface area contributed by atoms with Crippen molar-refractivity contribution in [3.63, 3.8) is 0 Å². The molecular weight excluding hydrogens is 346 g/mol. The summed E-state index contributed by atoms with van der Waals surface area (Å²) in [6.07, 6.45) is 4.05. The van der Waals surface area contributed by atoms with Gasteiger partial charge in [-0.25, -0.2) is 0 Å². The molecule has 0 atom stereocenters. The Bertz CT molecular complexity index is 893. The number of aryl methyl sites for hydroxylation is 1. The summed E-state index contributed by atoms with van der Waals surface area (Å²) < 4.78 is 5.60. The highest BCUT2D eigenvalue weighted by atomic mass is 32.1. The van der Waals surface area contributed by atoms with E-state index in [1.165, 1.54) is 17.4 Å². The van der Waals surface area contributed by atoms with Crippen molar-refractivity contribution >= 4 is 28.3 Å². The molecule has 2 N–H and O–H groups in total. The van der Waals surface area contributed by atoms with E-state index < -0.39 is 0 Å². The van der Waals surface area contributed by atoms with Crippen LogP contribution in [0.15, 0.2) is 24.3 Å². The van der Waals surface area contributed by atoms with Crippen LogP contribution in [0.25, 0.3) is 6.08 Å². The van der Waals surface area contributed by atoms with E-state index in [2.05, 4.69) is 16.7 Å². The van der Waals surface area contributed by atoms with E-state index in [1.807, 2.05) is 32.0 Å².